The molecule has 4 nitrogen and oxygen atoms in total. The highest BCUT2D eigenvalue weighted by molar-refractivity contribution is 8.12. The van der Waals surface area contributed by atoms with Crippen LogP contribution in [0.5, 0.6) is 0 Å². The molecule has 0 N–H and O–H groups in total. The summed E-state index contributed by atoms with van der Waals surface area (Å²) in [7, 11) is 1.21. The van der Waals surface area contributed by atoms with E-state index < -0.39 is 9.24 Å². The molecule has 0 bridgehead atoms. The standard InChI is InChI=1S/C8H8ClNO3S/c9-14(11,12)10-8-7-4-2-1-3-5(13-8)6(4)7/h1,3-7H,2H2/b10-8+. The number of hydrogen-bond donors (Lipinski definition) is 0. The lowest BCUT2D eigenvalue weighted by Gasteiger charge is -2.15. The minimum absolute atomic E-state index is 0.0240. The Morgan fingerprint density at radius 2 is 2.36 bits per heavy atom. The molecule has 4 unspecified atom stereocenters. The van der Waals surface area contributed by atoms with Crippen LogP contribution in [0, 0.1) is 17.8 Å². The number of halogens is 1. The second-order valence-corrected chi connectivity index (χ2v) is 6.03. The molecular weight excluding hydrogens is 226 g/mol. The van der Waals surface area contributed by atoms with E-state index >= 15 is 0 Å². The SMILES string of the molecule is O=S(=O)(Cl)/N=C1/OC2C=CCC3C1C23. The van der Waals surface area contributed by atoms with Crippen LogP contribution < -0.4 is 0 Å². The lowest BCUT2D eigenvalue weighted by atomic mass is 10.1. The zero-order chi connectivity index (χ0) is 9.92. The molecule has 2 aliphatic carbocycles. The fourth-order valence-electron chi connectivity index (χ4n) is 2.52. The Bertz CT molecular complexity index is 442. The molecule has 3 aliphatic rings. The fourth-order valence-corrected chi connectivity index (χ4v) is 3.11. The number of nitrogens with zero attached hydrogens (tertiary/aromatic N) is 1. The predicted molar refractivity (Wildman–Crippen MR) is 51.3 cm³/mol. The van der Waals surface area contributed by atoms with Gasteiger partial charge in [-0.25, -0.2) is 0 Å². The van der Waals surface area contributed by atoms with Gasteiger partial charge in [0.2, 0.25) is 5.90 Å². The predicted octanol–water partition coefficient (Wildman–Crippen LogP) is 1.09. The van der Waals surface area contributed by atoms with E-state index in [9.17, 15) is 8.42 Å². The average Bonchev–Trinajstić information content (AvgIpc) is 2.63. The first-order valence-electron chi connectivity index (χ1n) is 4.44. The van der Waals surface area contributed by atoms with Gasteiger partial charge in [-0.1, -0.05) is 6.08 Å². The van der Waals surface area contributed by atoms with Crippen molar-refractivity contribution in [1.82, 2.24) is 0 Å². The summed E-state index contributed by atoms with van der Waals surface area (Å²) in [6.45, 7) is 0. The second kappa shape index (κ2) is 2.52. The average molecular weight is 234 g/mol. The Morgan fingerprint density at radius 3 is 2.93 bits per heavy atom. The maximum absolute atomic E-state index is 10.8. The number of fused-ring (bicyclic) bond motifs is 1. The minimum Gasteiger partial charge on any atom is -0.472 e. The maximum Gasteiger partial charge on any atom is 0.342 e. The van der Waals surface area contributed by atoms with Gasteiger partial charge in [-0.2, -0.15) is 8.42 Å². The van der Waals surface area contributed by atoms with Gasteiger partial charge in [-0.15, -0.1) is 4.40 Å². The molecule has 3 rings (SSSR count). The Labute approximate surface area is 86.2 Å². The van der Waals surface area contributed by atoms with Crippen LogP contribution in [0.1, 0.15) is 6.42 Å². The summed E-state index contributed by atoms with van der Waals surface area (Å²) >= 11 is 0. The van der Waals surface area contributed by atoms with Gasteiger partial charge in [0.25, 0.3) is 0 Å². The number of rotatable bonds is 1. The summed E-state index contributed by atoms with van der Waals surface area (Å²) in [6, 6.07) is 0. The Morgan fingerprint density at radius 1 is 1.57 bits per heavy atom. The lowest BCUT2D eigenvalue weighted by Crippen LogP contribution is -2.17. The van der Waals surface area contributed by atoms with Crippen molar-refractivity contribution in [3.05, 3.63) is 12.2 Å². The largest absolute Gasteiger partial charge is 0.472 e. The molecule has 1 aliphatic heterocycles. The van der Waals surface area contributed by atoms with Gasteiger partial charge in [-0.05, 0) is 18.4 Å². The molecular formula is C8H8ClNO3S. The van der Waals surface area contributed by atoms with Crippen molar-refractivity contribution in [2.75, 3.05) is 0 Å². The molecule has 0 radical (unpaired) electrons. The second-order valence-electron chi connectivity index (χ2n) is 3.85. The first kappa shape index (κ1) is 8.73. The van der Waals surface area contributed by atoms with Crippen LogP contribution in [0.2, 0.25) is 0 Å². The van der Waals surface area contributed by atoms with Crippen molar-refractivity contribution >= 4 is 25.8 Å². The van der Waals surface area contributed by atoms with Crippen LogP contribution in [-0.2, 0) is 14.0 Å². The molecule has 0 aromatic carbocycles. The van der Waals surface area contributed by atoms with Crippen LogP contribution in [-0.4, -0.2) is 20.4 Å². The molecule has 1 saturated heterocycles. The molecule has 0 aromatic heterocycles. The molecule has 6 heteroatoms. The highest BCUT2D eigenvalue weighted by Gasteiger charge is 2.64. The molecule has 76 valence electrons. The van der Waals surface area contributed by atoms with Gasteiger partial charge in [0.05, 0.1) is 0 Å². The highest BCUT2D eigenvalue weighted by Crippen LogP contribution is 2.59. The summed E-state index contributed by atoms with van der Waals surface area (Å²) in [5.41, 5.74) is 0. The van der Waals surface area contributed by atoms with Crippen molar-refractivity contribution in [3.63, 3.8) is 0 Å². The molecule has 0 amide bonds. The zero-order valence-electron chi connectivity index (χ0n) is 7.13. The van der Waals surface area contributed by atoms with E-state index in [1.165, 1.54) is 0 Å². The van der Waals surface area contributed by atoms with E-state index in [-0.39, 0.29) is 12.0 Å². The number of hydrogen-bond acceptors (Lipinski definition) is 3. The molecule has 2 fully saturated rings. The van der Waals surface area contributed by atoms with Crippen LogP contribution >= 0.6 is 10.7 Å². The first-order valence-corrected chi connectivity index (χ1v) is 6.71. The summed E-state index contributed by atoms with van der Waals surface area (Å²) in [5, 5.41) is 0. The Balaban J connectivity index is 1.95. The van der Waals surface area contributed by atoms with E-state index in [1.54, 1.807) is 0 Å². The Kier molecular flexibility index (Phi) is 1.57. The quantitative estimate of drug-likeness (QED) is 0.503. The summed E-state index contributed by atoms with van der Waals surface area (Å²) in [4.78, 5) is 0. The van der Waals surface area contributed by atoms with Crippen molar-refractivity contribution < 1.29 is 13.2 Å². The third-order valence-electron chi connectivity index (χ3n) is 3.08. The molecule has 0 spiro atoms. The minimum atomic E-state index is -3.83. The van der Waals surface area contributed by atoms with Crippen LogP contribution in [0.15, 0.2) is 16.5 Å². The van der Waals surface area contributed by atoms with E-state index in [1.807, 2.05) is 6.08 Å². The molecule has 1 heterocycles. The topological polar surface area (TPSA) is 55.7 Å². The third kappa shape index (κ3) is 1.19. The van der Waals surface area contributed by atoms with Crippen LogP contribution in [0.3, 0.4) is 0 Å². The van der Waals surface area contributed by atoms with Gasteiger partial charge < -0.3 is 4.74 Å². The smallest absolute Gasteiger partial charge is 0.342 e. The third-order valence-corrected chi connectivity index (χ3v) is 3.69. The van der Waals surface area contributed by atoms with E-state index in [2.05, 4.69) is 10.5 Å². The molecule has 14 heavy (non-hydrogen) atoms. The van der Waals surface area contributed by atoms with E-state index in [0.29, 0.717) is 17.7 Å². The first-order chi connectivity index (χ1) is 6.56. The van der Waals surface area contributed by atoms with Crippen molar-refractivity contribution in [2.45, 2.75) is 12.5 Å². The van der Waals surface area contributed by atoms with Gasteiger partial charge in [0.1, 0.15) is 6.10 Å². The van der Waals surface area contributed by atoms with Gasteiger partial charge in [0.15, 0.2) is 0 Å². The summed E-state index contributed by atoms with van der Waals surface area (Å²) < 4.78 is 30.3. The number of allylic oxidation sites excluding steroid dienone is 1. The lowest BCUT2D eigenvalue weighted by molar-refractivity contribution is 0.219. The molecule has 1 saturated carbocycles. The van der Waals surface area contributed by atoms with Crippen LogP contribution in [0.4, 0.5) is 0 Å². The van der Waals surface area contributed by atoms with Crippen molar-refractivity contribution in [1.29, 1.82) is 0 Å². The van der Waals surface area contributed by atoms with Gasteiger partial charge in [-0.3, -0.25) is 0 Å². The normalized spacial score (nSPS) is 46.2. The van der Waals surface area contributed by atoms with Crippen molar-refractivity contribution in [3.8, 4) is 0 Å². The highest BCUT2D eigenvalue weighted by atomic mass is 35.7. The van der Waals surface area contributed by atoms with Gasteiger partial charge >= 0.3 is 9.24 Å². The molecule has 0 aromatic rings. The zero-order valence-corrected chi connectivity index (χ0v) is 8.70. The van der Waals surface area contributed by atoms with Crippen LogP contribution in [0.25, 0.3) is 0 Å². The van der Waals surface area contributed by atoms with E-state index in [4.69, 9.17) is 15.4 Å². The van der Waals surface area contributed by atoms with Gasteiger partial charge in [0, 0.05) is 22.5 Å². The maximum atomic E-state index is 10.8. The van der Waals surface area contributed by atoms with Crippen molar-refractivity contribution in [2.24, 2.45) is 22.2 Å². The van der Waals surface area contributed by atoms with E-state index in [0.717, 1.165) is 6.42 Å². The molecule has 4 atom stereocenters. The fraction of sp³-hybridized carbons (Fsp3) is 0.625. The summed E-state index contributed by atoms with van der Waals surface area (Å²) in [5.74, 6) is 1.46. The summed E-state index contributed by atoms with van der Waals surface area (Å²) in [6.07, 6.45) is 5.08. The number of ether oxygens (including phenoxy) is 1. The monoisotopic (exact) mass is 233 g/mol. The Hall–Kier alpha value is -0.550.